The summed E-state index contributed by atoms with van der Waals surface area (Å²) in [5, 5.41) is 8.01. The van der Waals surface area contributed by atoms with Crippen LogP contribution in [0.2, 0.25) is 0 Å². The third-order valence-electron chi connectivity index (χ3n) is 5.14. The van der Waals surface area contributed by atoms with Gasteiger partial charge in [0.05, 0.1) is 6.54 Å². The van der Waals surface area contributed by atoms with Crippen LogP contribution in [0.15, 0.2) is 6.33 Å². The molecular formula is C15H27N5. The van der Waals surface area contributed by atoms with E-state index in [1.165, 1.54) is 38.5 Å². The van der Waals surface area contributed by atoms with Crippen molar-refractivity contribution in [2.75, 3.05) is 13.1 Å². The number of piperazine rings is 1. The second-order valence-corrected chi connectivity index (χ2v) is 6.48. The number of rotatable bonds is 4. The van der Waals surface area contributed by atoms with Crippen molar-refractivity contribution < 1.29 is 0 Å². The fourth-order valence-electron chi connectivity index (χ4n) is 3.90. The first kappa shape index (κ1) is 14.0. The predicted molar refractivity (Wildman–Crippen MR) is 79.3 cm³/mol. The molecule has 1 aromatic heterocycles. The van der Waals surface area contributed by atoms with E-state index in [4.69, 9.17) is 0 Å². The Labute approximate surface area is 121 Å². The molecule has 1 atom stereocenters. The maximum Gasteiger partial charge on any atom is 0.140 e. The molecule has 1 spiro atoms. The topological polar surface area (TPSA) is 46.0 Å². The summed E-state index contributed by atoms with van der Waals surface area (Å²) in [5.74, 6) is 1.09. The van der Waals surface area contributed by atoms with Gasteiger partial charge in [0.1, 0.15) is 12.2 Å². The van der Waals surface area contributed by atoms with E-state index in [0.29, 0.717) is 11.6 Å². The van der Waals surface area contributed by atoms with Gasteiger partial charge < -0.3 is 5.32 Å². The molecule has 5 nitrogen and oxygen atoms in total. The molecule has 2 aliphatic rings. The molecule has 20 heavy (non-hydrogen) atoms. The first-order valence-electron chi connectivity index (χ1n) is 8.05. The van der Waals surface area contributed by atoms with Crippen molar-refractivity contribution in [3.63, 3.8) is 0 Å². The van der Waals surface area contributed by atoms with Gasteiger partial charge in [-0.3, -0.25) is 9.58 Å². The third kappa shape index (κ3) is 2.61. The van der Waals surface area contributed by atoms with Gasteiger partial charge in [-0.15, -0.1) is 0 Å². The molecule has 1 N–H and O–H groups in total. The summed E-state index contributed by atoms with van der Waals surface area (Å²) < 4.78 is 1.92. The minimum absolute atomic E-state index is 0.371. The summed E-state index contributed by atoms with van der Waals surface area (Å²) in [5.41, 5.74) is 0.371. The van der Waals surface area contributed by atoms with Gasteiger partial charge in [-0.2, -0.15) is 5.10 Å². The minimum Gasteiger partial charge on any atom is -0.311 e. The van der Waals surface area contributed by atoms with Crippen molar-refractivity contribution in [3.8, 4) is 0 Å². The van der Waals surface area contributed by atoms with E-state index in [9.17, 15) is 0 Å². The average Bonchev–Trinajstić information content (AvgIpc) is 3.05. The SMILES string of the molecule is CCCC1CN(Cc2ncnn2C)C2(CCCC2)CN1. The Bertz CT molecular complexity index is 435. The van der Waals surface area contributed by atoms with Crippen LogP contribution >= 0.6 is 0 Å². The molecule has 1 saturated carbocycles. The highest BCUT2D eigenvalue weighted by molar-refractivity contribution is 5.03. The summed E-state index contributed by atoms with van der Waals surface area (Å²) in [6, 6.07) is 0.638. The Morgan fingerprint density at radius 2 is 2.20 bits per heavy atom. The van der Waals surface area contributed by atoms with E-state index in [1.54, 1.807) is 6.33 Å². The van der Waals surface area contributed by atoms with Gasteiger partial charge in [0.25, 0.3) is 0 Å². The van der Waals surface area contributed by atoms with Gasteiger partial charge in [-0.25, -0.2) is 4.98 Å². The summed E-state index contributed by atoms with van der Waals surface area (Å²) in [6.45, 7) is 5.52. The van der Waals surface area contributed by atoms with E-state index >= 15 is 0 Å². The molecule has 1 saturated heterocycles. The molecule has 1 aliphatic carbocycles. The Morgan fingerprint density at radius 1 is 1.40 bits per heavy atom. The summed E-state index contributed by atoms with van der Waals surface area (Å²) in [7, 11) is 2.00. The van der Waals surface area contributed by atoms with E-state index in [0.717, 1.165) is 25.5 Å². The van der Waals surface area contributed by atoms with Crippen LogP contribution in [0, 0.1) is 0 Å². The molecule has 2 heterocycles. The number of aromatic nitrogens is 3. The third-order valence-corrected chi connectivity index (χ3v) is 5.14. The van der Waals surface area contributed by atoms with Crippen LogP contribution in [0.25, 0.3) is 0 Å². The molecular weight excluding hydrogens is 250 g/mol. The highest BCUT2D eigenvalue weighted by atomic mass is 15.4. The zero-order valence-electron chi connectivity index (χ0n) is 12.8. The first-order chi connectivity index (χ1) is 9.73. The Kier molecular flexibility index (Phi) is 4.08. The Balaban J connectivity index is 1.76. The normalized spacial score (nSPS) is 26.4. The van der Waals surface area contributed by atoms with Crippen LogP contribution < -0.4 is 5.32 Å². The Morgan fingerprint density at radius 3 is 2.85 bits per heavy atom. The number of hydrogen-bond acceptors (Lipinski definition) is 4. The first-order valence-corrected chi connectivity index (χ1v) is 8.05. The lowest BCUT2D eigenvalue weighted by Crippen LogP contribution is -2.63. The minimum atomic E-state index is 0.371. The van der Waals surface area contributed by atoms with E-state index < -0.39 is 0 Å². The molecule has 1 aromatic rings. The van der Waals surface area contributed by atoms with Crippen LogP contribution in [-0.4, -0.2) is 44.3 Å². The highest BCUT2D eigenvalue weighted by Gasteiger charge is 2.43. The van der Waals surface area contributed by atoms with Gasteiger partial charge in [-0.1, -0.05) is 26.2 Å². The van der Waals surface area contributed by atoms with E-state index in [1.807, 2.05) is 11.7 Å². The molecule has 1 unspecified atom stereocenters. The molecule has 3 rings (SSSR count). The van der Waals surface area contributed by atoms with Crippen molar-refractivity contribution in [2.24, 2.45) is 7.05 Å². The van der Waals surface area contributed by atoms with Crippen LogP contribution in [0.4, 0.5) is 0 Å². The zero-order chi connectivity index (χ0) is 14.0. The van der Waals surface area contributed by atoms with Crippen molar-refractivity contribution in [2.45, 2.75) is 63.6 Å². The van der Waals surface area contributed by atoms with Gasteiger partial charge in [0.2, 0.25) is 0 Å². The summed E-state index contributed by atoms with van der Waals surface area (Å²) in [4.78, 5) is 7.12. The average molecular weight is 277 g/mol. The van der Waals surface area contributed by atoms with Gasteiger partial charge >= 0.3 is 0 Å². The van der Waals surface area contributed by atoms with Gasteiger partial charge in [0.15, 0.2) is 0 Å². The van der Waals surface area contributed by atoms with Crippen molar-refractivity contribution >= 4 is 0 Å². The lowest BCUT2D eigenvalue weighted by Gasteiger charge is -2.48. The van der Waals surface area contributed by atoms with E-state index in [2.05, 4.69) is 27.2 Å². The van der Waals surface area contributed by atoms with Crippen LogP contribution in [0.1, 0.15) is 51.3 Å². The van der Waals surface area contributed by atoms with Crippen molar-refractivity contribution in [1.29, 1.82) is 0 Å². The maximum atomic E-state index is 4.43. The Hall–Kier alpha value is -0.940. The van der Waals surface area contributed by atoms with E-state index in [-0.39, 0.29) is 0 Å². The zero-order valence-corrected chi connectivity index (χ0v) is 12.8. The van der Waals surface area contributed by atoms with Gasteiger partial charge in [-0.05, 0) is 19.3 Å². The number of aryl methyl sites for hydroxylation is 1. The fraction of sp³-hybridized carbons (Fsp3) is 0.867. The smallest absolute Gasteiger partial charge is 0.140 e. The summed E-state index contributed by atoms with van der Waals surface area (Å²) in [6.07, 6.45) is 9.59. The second kappa shape index (κ2) is 5.82. The van der Waals surface area contributed by atoms with Crippen LogP contribution in [-0.2, 0) is 13.6 Å². The van der Waals surface area contributed by atoms with Crippen molar-refractivity contribution in [3.05, 3.63) is 12.2 Å². The molecule has 0 aromatic carbocycles. The highest BCUT2D eigenvalue weighted by Crippen LogP contribution is 2.37. The monoisotopic (exact) mass is 277 g/mol. The lowest BCUT2D eigenvalue weighted by molar-refractivity contribution is 0.0308. The molecule has 2 fully saturated rings. The quantitative estimate of drug-likeness (QED) is 0.910. The number of hydrogen-bond donors (Lipinski definition) is 1. The van der Waals surface area contributed by atoms with Crippen LogP contribution in [0.3, 0.4) is 0 Å². The van der Waals surface area contributed by atoms with Gasteiger partial charge in [0, 0.05) is 31.7 Å². The largest absolute Gasteiger partial charge is 0.311 e. The second-order valence-electron chi connectivity index (χ2n) is 6.48. The lowest BCUT2D eigenvalue weighted by atomic mass is 9.90. The molecule has 0 bridgehead atoms. The predicted octanol–water partition coefficient (Wildman–Crippen LogP) is 1.70. The maximum absolute atomic E-state index is 4.43. The van der Waals surface area contributed by atoms with Crippen molar-refractivity contribution in [1.82, 2.24) is 25.0 Å². The number of nitrogens with one attached hydrogen (secondary N) is 1. The number of nitrogens with zero attached hydrogens (tertiary/aromatic N) is 4. The molecule has 1 aliphatic heterocycles. The molecule has 0 amide bonds. The standard InChI is InChI=1S/C15H27N5/c1-3-6-13-9-20(10-14-17-12-18-19(14)2)15(11-16-13)7-4-5-8-15/h12-13,16H,3-11H2,1-2H3. The van der Waals surface area contributed by atoms with Crippen LogP contribution in [0.5, 0.6) is 0 Å². The molecule has 5 heteroatoms. The molecule has 0 radical (unpaired) electrons. The fourth-order valence-corrected chi connectivity index (χ4v) is 3.90. The molecule has 112 valence electrons. The summed E-state index contributed by atoms with van der Waals surface area (Å²) >= 11 is 0.